The molecule has 106 valence electrons. The number of nitrogens with zero attached hydrogens (tertiary/aromatic N) is 1. The van der Waals surface area contributed by atoms with Gasteiger partial charge in [-0.2, -0.15) is 0 Å². The molecule has 0 spiro atoms. The molecule has 0 radical (unpaired) electrons. The van der Waals surface area contributed by atoms with Crippen molar-refractivity contribution in [1.29, 1.82) is 0 Å². The first kappa shape index (κ1) is 14.9. The van der Waals surface area contributed by atoms with Gasteiger partial charge in [0.05, 0.1) is 0 Å². The lowest BCUT2D eigenvalue weighted by atomic mass is 10.2. The average molecular weight is 314 g/mol. The molecule has 1 amide bonds. The van der Waals surface area contributed by atoms with E-state index >= 15 is 0 Å². The molecule has 0 aliphatic carbocycles. The van der Waals surface area contributed by atoms with Crippen LogP contribution >= 0.6 is 23.2 Å². The van der Waals surface area contributed by atoms with Crippen molar-refractivity contribution in [2.75, 3.05) is 6.54 Å². The van der Waals surface area contributed by atoms with E-state index < -0.39 is 12.0 Å². The van der Waals surface area contributed by atoms with Crippen LogP contribution in [-0.4, -0.2) is 34.5 Å². The number of hydrogen-bond acceptors (Lipinski definition) is 2. The first-order valence-electron chi connectivity index (χ1n) is 6.15. The minimum absolute atomic E-state index is 0.314. The minimum Gasteiger partial charge on any atom is -0.480 e. The molecule has 20 heavy (non-hydrogen) atoms. The zero-order valence-electron chi connectivity index (χ0n) is 10.6. The van der Waals surface area contributed by atoms with Gasteiger partial charge in [0.15, 0.2) is 0 Å². The average Bonchev–Trinajstić information content (AvgIpc) is 2.84. The molecule has 6 heteroatoms. The van der Waals surface area contributed by atoms with Crippen molar-refractivity contribution in [3.05, 3.63) is 39.9 Å². The molecule has 1 N–H and O–H groups in total. The van der Waals surface area contributed by atoms with Gasteiger partial charge in [0.2, 0.25) is 5.91 Å². The number of amides is 1. The molecule has 2 rings (SSSR count). The van der Waals surface area contributed by atoms with Gasteiger partial charge < -0.3 is 10.0 Å². The molecule has 1 aromatic carbocycles. The highest BCUT2D eigenvalue weighted by Gasteiger charge is 2.32. The molecular weight excluding hydrogens is 301 g/mol. The van der Waals surface area contributed by atoms with E-state index in [9.17, 15) is 9.59 Å². The van der Waals surface area contributed by atoms with Crippen LogP contribution in [-0.2, 0) is 9.59 Å². The maximum atomic E-state index is 12.0. The van der Waals surface area contributed by atoms with E-state index in [1.54, 1.807) is 24.3 Å². The third-order valence-electron chi connectivity index (χ3n) is 3.12. The maximum Gasteiger partial charge on any atom is 0.326 e. The summed E-state index contributed by atoms with van der Waals surface area (Å²) in [5.74, 6) is -1.28. The Bertz CT molecular complexity index is 551. The van der Waals surface area contributed by atoms with Crippen LogP contribution in [0.1, 0.15) is 18.4 Å². The summed E-state index contributed by atoms with van der Waals surface area (Å²) in [5, 5.41) is 10.00. The van der Waals surface area contributed by atoms with Crippen LogP contribution < -0.4 is 0 Å². The van der Waals surface area contributed by atoms with E-state index in [4.69, 9.17) is 28.3 Å². The van der Waals surface area contributed by atoms with Gasteiger partial charge in [-0.05, 0) is 42.7 Å². The molecule has 0 unspecified atom stereocenters. The van der Waals surface area contributed by atoms with Gasteiger partial charge in [-0.1, -0.05) is 23.2 Å². The topological polar surface area (TPSA) is 57.6 Å². The van der Waals surface area contributed by atoms with Crippen molar-refractivity contribution >= 4 is 41.2 Å². The summed E-state index contributed by atoms with van der Waals surface area (Å²) >= 11 is 11.7. The Labute approximate surface area is 126 Å². The smallest absolute Gasteiger partial charge is 0.326 e. The van der Waals surface area contributed by atoms with Gasteiger partial charge in [0, 0.05) is 22.7 Å². The molecule has 0 bridgehead atoms. The largest absolute Gasteiger partial charge is 0.480 e. The molecule has 1 aromatic rings. The fraction of sp³-hybridized carbons (Fsp3) is 0.286. The standard InChI is InChI=1S/C14H13Cl2NO3/c15-10-6-9(7-11(16)8-10)3-4-13(18)17-5-1-2-12(17)14(19)20/h3-4,6-8,12H,1-2,5H2,(H,19,20)/b4-3+/t12-/m0/s1. The lowest BCUT2D eigenvalue weighted by molar-refractivity contribution is -0.146. The summed E-state index contributed by atoms with van der Waals surface area (Å²) in [5.41, 5.74) is 0.696. The molecule has 1 fully saturated rings. The normalized spacial score (nSPS) is 18.7. The highest BCUT2D eigenvalue weighted by atomic mass is 35.5. The third-order valence-corrected chi connectivity index (χ3v) is 3.56. The number of carbonyl (C=O) groups excluding carboxylic acids is 1. The number of rotatable bonds is 3. The van der Waals surface area contributed by atoms with Gasteiger partial charge in [0.1, 0.15) is 6.04 Å². The number of benzene rings is 1. The van der Waals surface area contributed by atoms with Crippen LogP contribution in [0.3, 0.4) is 0 Å². The predicted octanol–water partition coefficient (Wildman–Crippen LogP) is 3.08. The van der Waals surface area contributed by atoms with E-state index in [0.29, 0.717) is 35.0 Å². The molecule has 1 saturated heterocycles. The van der Waals surface area contributed by atoms with Crippen molar-refractivity contribution < 1.29 is 14.7 Å². The second-order valence-corrected chi connectivity index (χ2v) is 5.44. The summed E-state index contributed by atoms with van der Waals surface area (Å²) < 4.78 is 0. The van der Waals surface area contributed by atoms with E-state index in [1.807, 2.05) is 0 Å². The fourth-order valence-corrected chi connectivity index (χ4v) is 2.76. The van der Waals surface area contributed by atoms with Gasteiger partial charge in [-0.25, -0.2) is 4.79 Å². The first-order valence-corrected chi connectivity index (χ1v) is 6.90. The van der Waals surface area contributed by atoms with Crippen molar-refractivity contribution in [2.24, 2.45) is 0 Å². The molecule has 0 saturated carbocycles. The molecule has 1 heterocycles. The first-order chi connectivity index (χ1) is 9.47. The van der Waals surface area contributed by atoms with Crippen molar-refractivity contribution in [3.8, 4) is 0 Å². The number of halogens is 2. The number of carbonyl (C=O) groups is 2. The SMILES string of the molecule is O=C(O)[C@@H]1CCCN1C(=O)/C=C/c1cc(Cl)cc(Cl)c1. The Balaban J connectivity index is 2.10. The van der Waals surface area contributed by atoms with Gasteiger partial charge >= 0.3 is 5.97 Å². The second kappa shape index (κ2) is 6.29. The zero-order valence-corrected chi connectivity index (χ0v) is 12.1. The molecule has 1 aliphatic heterocycles. The van der Waals surface area contributed by atoms with Crippen LogP contribution in [0, 0.1) is 0 Å². The number of aliphatic carboxylic acids is 1. The van der Waals surface area contributed by atoms with Crippen LogP contribution in [0.4, 0.5) is 0 Å². The third kappa shape index (κ3) is 3.52. The Morgan fingerprint density at radius 3 is 2.50 bits per heavy atom. The van der Waals surface area contributed by atoms with Gasteiger partial charge in [0.25, 0.3) is 0 Å². The van der Waals surface area contributed by atoms with E-state index in [2.05, 4.69) is 0 Å². The number of likely N-dealkylation sites (tertiary alicyclic amines) is 1. The molecule has 4 nitrogen and oxygen atoms in total. The van der Waals surface area contributed by atoms with Gasteiger partial charge in [-0.15, -0.1) is 0 Å². The summed E-state index contributed by atoms with van der Waals surface area (Å²) in [6.07, 6.45) is 4.14. The van der Waals surface area contributed by atoms with Crippen molar-refractivity contribution in [2.45, 2.75) is 18.9 Å². The highest BCUT2D eigenvalue weighted by molar-refractivity contribution is 6.34. The van der Waals surface area contributed by atoms with Crippen molar-refractivity contribution in [3.63, 3.8) is 0 Å². The monoisotopic (exact) mass is 313 g/mol. The van der Waals surface area contributed by atoms with Crippen LogP contribution in [0.25, 0.3) is 6.08 Å². The molecule has 0 aromatic heterocycles. The fourth-order valence-electron chi connectivity index (χ4n) is 2.22. The van der Waals surface area contributed by atoms with Crippen molar-refractivity contribution in [1.82, 2.24) is 4.90 Å². The molecule has 1 atom stereocenters. The van der Waals surface area contributed by atoms with Crippen LogP contribution in [0.5, 0.6) is 0 Å². The summed E-state index contributed by atoms with van der Waals surface area (Å²) in [7, 11) is 0. The summed E-state index contributed by atoms with van der Waals surface area (Å²) in [6, 6.07) is 4.23. The number of hydrogen-bond donors (Lipinski definition) is 1. The van der Waals surface area contributed by atoms with E-state index in [1.165, 1.54) is 11.0 Å². The maximum absolute atomic E-state index is 12.0. The Kier molecular flexibility index (Phi) is 4.68. The Morgan fingerprint density at radius 1 is 1.25 bits per heavy atom. The Morgan fingerprint density at radius 2 is 1.90 bits per heavy atom. The Hall–Kier alpha value is -1.52. The minimum atomic E-state index is -0.963. The van der Waals surface area contributed by atoms with Gasteiger partial charge in [-0.3, -0.25) is 4.79 Å². The van der Waals surface area contributed by atoms with Crippen LogP contribution in [0.2, 0.25) is 10.0 Å². The summed E-state index contributed by atoms with van der Waals surface area (Å²) in [6.45, 7) is 0.469. The molecule has 1 aliphatic rings. The zero-order chi connectivity index (χ0) is 14.7. The van der Waals surface area contributed by atoms with E-state index in [0.717, 1.165) is 0 Å². The quantitative estimate of drug-likeness (QED) is 0.872. The number of carboxylic acid groups (broad SMARTS) is 1. The predicted molar refractivity (Wildman–Crippen MR) is 77.9 cm³/mol. The lowest BCUT2D eigenvalue weighted by Gasteiger charge is -2.19. The lowest BCUT2D eigenvalue weighted by Crippen LogP contribution is -2.39. The highest BCUT2D eigenvalue weighted by Crippen LogP contribution is 2.21. The summed E-state index contributed by atoms with van der Waals surface area (Å²) in [4.78, 5) is 24.4. The second-order valence-electron chi connectivity index (χ2n) is 4.56. The van der Waals surface area contributed by atoms with Crippen LogP contribution in [0.15, 0.2) is 24.3 Å². The molecular formula is C14H13Cl2NO3. The van der Waals surface area contributed by atoms with E-state index in [-0.39, 0.29) is 5.91 Å². The number of carboxylic acids is 1.